The minimum absolute atomic E-state index is 0.00981. The number of aliphatic hydroxyl groups is 3. The van der Waals surface area contributed by atoms with Crippen molar-refractivity contribution in [3.05, 3.63) is 265 Å². The molecule has 1 atom stereocenters. The Morgan fingerprint density at radius 1 is 0.376 bits per heavy atom. The first kappa shape index (κ1) is 115. The van der Waals surface area contributed by atoms with Crippen LogP contribution in [0.5, 0.6) is 17.2 Å². The summed E-state index contributed by atoms with van der Waals surface area (Å²) >= 11 is 0. The van der Waals surface area contributed by atoms with E-state index in [0.717, 1.165) is 141 Å². The number of fused-ring (bicyclic) bond motifs is 8. The number of aliphatic hydroxyl groups excluding tert-OH is 3. The number of phenols is 3. The van der Waals surface area contributed by atoms with Gasteiger partial charge in [-0.2, -0.15) is 5.26 Å². The molecule has 6 aromatic carbocycles. The summed E-state index contributed by atoms with van der Waals surface area (Å²) in [5.41, 5.74) is 35.0. The van der Waals surface area contributed by atoms with Crippen molar-refractivity contribution in [3.8, 4) is 69.1 Å². The van der Waals surface area contributed by atoms with Crippen molar-refractivity contribution in [2.45, 2.75) is 254 Å². The molecule has 4 aliphatic carbocycles. The summed E-state index contributed by atoms with van der Waals surface area (Å²) in [6, 6.07) is 20.6. The van der Waals surface area contributed by atoms with Gasteiger partial charge in [0.2, 0.25) is 0 Å². The summed E-state index contributed by atoms with van der Waals surface area (Å²) in [7, 11) is 0.648. The molecule has 26 heteroatoms. The zero-order valence-corrected chi connectivity index (χ0v) is 85.9. The highest BCUT2D eigenvalue weighted by molar-refractivity contribution is 7.44. The number of methoxy groups -OCH3 is 1. The number of rotatable bonds is 10. The topological polar surface area (TPSA) is 378 Å². The largest absolute Gasteiger partial charge is 0.508 e. The fraction of sp³-hybridized carbons (Fsp3) is 0.411. The van der Waals surface area contributed by atoms with E-state index in [-0.39, 0.29) is 64.5 Å². The van der Waals surface area contributed by atoms with Crippen LogP contribution >= 0.6 is 8.53 Å². The molecule has 0 saturated carbocycles. The second-order valence-electron chi connectivity index (χ2n) is 32.4. The van der Waals surface area contributed by atoms with Crippen LogP contribution in [0.2, 0.25) is 0 Å². The average Bonchev–Trinajstić information content (AvgIpc) is 0.765. The van der Waals surface area contributed by atoms with Gasteiger partial charge in [-0.05, 0) is 413 Å². The number of nitriles is 1. The monoisotopic (exact) mass is 1840 g/mol. The number of hydrogen-bond acceptors (Lipinski definition) is 25. The van der Waals surface area contributed by atoms with Crippen molar-refractivity contribution in [1.29, 1.82) is 5.26 Å². The average molecular weight is 1850 g/mol. The van der Waals surface area contributed by atoms with E-state index in [2.05, 4.69) is 145 Å². The molecule has 25 nitrogen and oxygen atoms in total. The Labute approximate surface area is 786 Å². The summed E-state index contributed by atoms with van der Waals surface area (Å²) < 4.78 is 42.2. The van der Waals surface area contributed by atoms with Crippen LogP contribution in [-0.2, 0) is 13.8 Å². The van der Waals surface area contributed by atoms with E-state index in [1.807, 2.05) is 55.4 Å². The molecule has 718 valence electrons. The molecule has 6 aromatic rings. The molecule has 0 fully saturated rings. The van der Waals surface area contributed by atoms with E-state index in [1.165, 1.54) is 56.6 Å². The normalized spacial score (nSPS) is 10.8. The first-order valence-electron chi connectivity index (χ1n) is 44.4. The van der Waals surface area contributed by atoms with Gasteiger partial charge in [-0.15, -0.1) is 18.1 Å². The second kappa shape index (κ2) is 53.8. The Morgan fingerprint density at radius 3 is 0.835 bits per heavy atom. The highest BCUT2D eigenvalue weighted by Crippen LogP contribution is 2.46. The summed E-state index contributed by atoms with van der Waals surface area (Å²) in [6.45, 7) is 75.5. The number of nitroso groups, excluding NO2 is 1. The highest BCUT2D eigenvalue weighted by Gasteiger charge is 2.28. The molecule has 6 N–H and O–H groups in total. The van der Waals surface area contributed by atoms with Crippen LogP contribution in [0.15, 0.2) is 122 Å². The van der Waals surface area contributed by atoms with Gasteiger partial charge in [-0.1, -0.05) is 6.07 Å². The van der Waals surface area contributed by atoms with E-state index in [9.17, 15) is 29.2 Å². The molecule has 0 spiro atoms. The number of phenolic OH excluding ortho intramolecular Hbond substituents is 3. The van der Waals surface area contributed by atoms with Gasteiger partial charge in [0.25, 0.3) is 8.53 Å². The number of aromatic hydroxyl groups is 3. The number of aromatic nitrogens is 4. The lowest BCUT2D eigenvalue weighted by molar-refractivity contribution is 0.182. The molecular weight excluding hydrogens is 1700 g/mol. The molecule has 0 radical (unpaired) electrons. The van der Waals surface area contributed by atoms with Gasteiger partial charge in [0.15, 0.2) is 72.8 Å². The van der Waals surface area contributed by atoms with E-state index in [0.29, 0.717) is 82.6 Å². The van der Waals surface area contributed by atoms with E-state index in [4.69, 9.17) is 77.4 Å². The van der Waals surface area contributed by atoms with Gasteiger partial charge >= 0.3 is 0 Å². The van der Waals surface area contributed by atoms with Crippen LogP contribution < -0.4 is 21.7 Å². The molecule has 0 saturated heterocycles. The lowest BCUT2D eigenvalue weighted by Crippen LogP contribution is -2.33. The Balaban J connectivity index is 0.000000393. The smallest absolute Gasteiger partial charge is 0.259 e. The zero-order chi connectivity index (χ0) is 102. The Hall–Kier alpha value is -11.8. The fourth-order valence-corrected chi connectivity index (χ4v) is 15.4. The first-order chi connectivity index (χ1) is 62.6. The van der Waals surface area contributed by atoms with Crippen LogP contribution in [0.1, 0.15) is 208 Å². The molecule has 14 rings (SSSR count). The Bertz CT molecular complexity index is 5820. The van der Waals surface area contributed by atoms with Crippen molar-refractivity contribution in [1.82, 2.24) is 24.6 Å². The maximum absolute atomic E-state index is 11.8. The molecule has 133 heavy (non-hydrogen) atoms. The maximum atomic E-state index is 11.8. The minimum Gasteiger partial charge on any atom is -0.508 e. The molecule has 8 aliphatic rings. The third-order valence-corrected chi connectivity index (χ3v) is 25.8. The SMILES string of the molecule is C=C.CCO.CCO.CCO.CCOC.CCOP(OCCC#N)N(C(C)C)C(C)C.Cc1c(C)c(C)c(N=O)c(O)c1C.Cc1c(C)c(C)c2oc3c(C)c(=O)ccc-3nc2c1C.Cc1c(C)c(C)c2oc3c(C)c(=O)ccc-3nc2c1C.Cc1c(C)c(C)c2oc3c(C)c(=O)ccc-3nc2c1C.Cc1c(C)c(C)c2oc3c(C)c(=O)ccc-3nc2c1C.Cc1c(O)cccc1O. The summed E-state index contributed by atoms with van der Waals surface area (Å²) in [5, 5.41) is 61.5. The lowest BCUT2D eigenvalue weighted by Gasteiger charge is -2.35. The number of aryl methyl sites for hydroxylation is 8. The Kier molecular flexibility index (Phi) is 46.6. The predicted molar refractivity (Wildman–Crippen MR) is 543 cm³/mol. The first-order valence-corrected chi connectivity index (χ1v) is 45.6. The van der Waals surface area contributed by atoms with Gasteiger partial charge in [-0.3, -0.25) is 19.2 Å². The van der Waals surface area contributed by atoms with Gasteiger partial charge < -0.3 is 62.1 Å². The van der Waals surface area contributed by atoms with Crippen LogP contribution in [0.4, 0.5) is 5.69 Å². The second-order valence-corrected chi connectivity index (χ2v) is 33.9. The maximum Gasteiger partial charge on any atom is 0.259 e. The van der Waals surface area contributed by atoms with E-state index in [1.54, 1.807) is 131 Å². The van der Waals surface area contributed by atoms with Gasteiger partial charge in [0.05, 0.1) is 25.7 Å². The number of hydrogen-bond donors (Lipinski definition) is 6. The molecule has 0 aromatic heterocycles. The molecule has 4 aliphatic heterocycles. The van der Waals surface area contributed by atoms with E-state index >= 15 is 0 Å². The molecule has 0 amide bonds. The Morgan fingerprint density at radius 2 is 0.617 bits per heavy atom. The van der Waals surface area contributed by atoms with Gasteiger partial charge in [0, 0.05) is 73.4 Å². The van der Waals surface area contributed by atoms with E-state index < -0.39 is 8.53 Å². The van der Waals surface area contributed by atoms with Crippen molar-refractivity contribution in [3.63, 3.8) is 0 Å². The van der Waals surface area contributed by atoms with Crippen LogP contribution in [0, 0.1) is 189 Å². The minimum atomic E-state index is -1.03. The molecule has 0 bridgehead atoms. The lowest BCUT2D eigenvalue weighted by atomic mass is 9.97. The van der Waals surface area contributed by atoms with Gasteiger partial charge in [-0.25, -0.2) is 24.6 Å². The molecule has 1 unspecified atom stereocenters. The zero-order valence-electron chi connectivity index (χ0n) is 85.0. The third-order valence-electron chi connectivity index (χ3n) is 23.7. The van der Waals surface area contributed by atoms with Crippen LogP contribution in [-0.4, -0.2) is 114 Å². The van der Waals surface area contributed by atoms with Crippen LogP contribution in [0.25, 0.3) is 90.2 Å². The predicted octanol–water partition coefficient (Wildman–Crippen LogP) is 24.5. The summed E-state index contributed by atoms with van der Waals surface area (Å²) in [5.74, 6) is 2.65. The highest BCUT2D eigenvalue weighted by atomic mass is 31.2. The fourth-order valence-electron chi connectivity index (χ4n) is 13.9. The van der Waals surface area contributed by atoms with Crippen LogP contribution in [0.3, 0.4) is 0 Å². The van der Waals surface area contributed by atoms with Crippen molar-refractivity contribution < 1.29 is 62.1 Å². The quantitative estimate of drug-likeness (QED) is 0.0243. The standard InChI is InChI=1S/4C17H17NO2.C11H23N2O2P.C10H13NO2.C7H8O2.C3H8O.3C2H6O.C2H4/c4*1-8-9(2)11(4)17-15(10(8)3)18-13-6-7-14(19)12(5)16(13)20-17;1-6-14-16(15-9-7-8-12)13(10(2)3)11(4)5;1-5-6(2)8(4)10(12)9(11-13)7(5)3;1-5-6(8)3-2-4-7(5)9;1-3-4-2;3*1-2-3;1-2/h4*6-7H,1-5H3;10-11H,6-7,9H2,1-5H3;12H,1-4H3;2-4,8-9H,1H3;3H2,1-2H3;3*3H,2H2,1H3;1-2H2. The van der Waals surface area contributed by atoms with Crippen molar-refractivity contribution in [2.24, 2.45) is 5.18 Å². The van der Waals surface area contributed by atoms with Crippen molar-refractivity contribution >= 4 is 58.6 Å². The summed E-state index contributed by atoms with van der Waals surface area (Å²) in [4.78, 5) is 76.3. The van der Waals surface area contributed by atoms with Gasteiger partial charge in [0.1, 0.15) is 62.1 Å². The number of ether oxygens (including phenoxy) is 1. The molecular formula is C107H142N7O18P. The third kappa shape index (κ3) is 27.9. The van der Waals surface area contributed by atoms with Crippen molar-refractivity contribution in [2.75, 3.05) is 46.8 Å². The number of nitrogens with zero attached hydrogens (tertiary/aromatic N) is 7. The number of benzene rings is 10. The summed E-state index contributed by atoms with van der Waals surface area (Å²) in [6.07, 6.45) is 0.413. The molecule has 4 heterocycles.